The van der Waals surface area contributed by atoms with Gasteiger partial charge in [0.2, 0.25) is 0 Å². The largest absolute Gasteiger partial charge is 0.306 e. The number of rotatable bonds is 0. The fourth-order valence-corrected chi connectivity index (χ4v) is 9.73. The lowest BCUT2D eigenvalue weighted by molar-refractivity contribution is 0.182. The summed E-state index contributed by atoms with van der Waals surface area (Å²) in [6.07, 6.45) is 19.1. The van der Waals surface area contributed by atoms with Crippen molar-refractivity contribution in [3.63, 3.8) is 0 Å². The van der Waals surface area contributed by atoms with Crippen molar-refractivity contribution < 1.29 is 0 Å². The molecule has 5 aliphatic rings. The van der Waals surface area contributed by atoms with Crippen molar-refractivity contribution in [2.24, 2.45) is 41.0 Å². The van der Waals surface area contributed by atoms with E-state index in [2.05, 4.69) is 18.2 Å². The second-order valence-electron chi connectivity index (χ2n) is 8.17. The van der Waals surface area contributed by atoms with Crippen LogP contribution >= 0.6 is 8.07 Å². The first kappa shape index (κ1) is 13.3. The molecule has 5 rings (SSSR count). The molecule has 0 aromatic rings. The van der Waals surface area contributed by atoms with E-state index in [0.717, 1.165) is 41.2 Å². The number of allylic oxidation sites excluding steroid dienone is 4. The van der Waals surface area contributed by atoms with E-state index in [1.54, 1.807) is 5.31 Å². The Morgan fingerprint density at radius 2 is 1.95 bits per heavy atom. The molecular formula is C19H28NP. The second-order valence-corrected chi connectivity index (χ2v) is 10.1. The Hall–Kier alpha value is -0.130. The van der Waals surface area contributed by atoms with Crippen molar-refractivity contribution in [1.29, 1.82) is 0 Å². The first-order chi connectivity index (χ1) is 10.4. The van der Waals surface area contributed by atoms with Gasteiger partial charge in [0.1, 0.15) is 0 Å². The summed E-state index contributed by atoms with van der Waals surface area (Å²) in [5.74, 6) is 5.75. The van der Waals surface area contributed by atoms with Crippen LogP contribution < -0.4 is 5.50 Å². The van der Waals surface area contributed by atoms with Gasteiger partial charge >= 0.3 is 0 Å². The zero-order valence-corrected chi connectivity index (χ0v) is 13.8. The zero-order chi connectivity index (χ0) is 14.0. The molecule has 0 amide bonds. The first-order valence-corrected chi connectivity index (χ1v) is 10.7. The topological polar surface area (TPSA) is 26.0 Å². The minimum Gasteiger partial charge on any atom is -0.306 e. The van der Waals surface area contributed by atoms with Gasteiger partial charge in [-0.25, -0.2) is 0 Å². The number of nitrogens with two attached hydrogens (primary N) is 1. The lowest BCUT2D eigenvalue weighted by Crippen LogP contribution is -2.35. The van der Waals surface area contributed by atoms with Crippen molar-refractivity contribution in [3.8, 4) is 0 Å². The lowest BCUT2D eigenvalue weighted by atomic mass is 9.69. The Morgan fingerprint density at radius 3 is 2.90 bits per heavy atom. The summed E-state index contributed by atoms with van der Waals surface area (Å²) in [6.45, 7) is 0. The van der Waals surface area contributed by atoms with Gasteiger partial charge in [0.25, 0.3) is 0 Å². The van der Waals surface area contributed by atoms with Crippen LogP contribution in [0.25, 0.3) is 0 Å². The summed E-state index contributed by atoms with van der Waals surface area (Å²) in [5, 5.41) is 1.76. The van der Waals surface area contributed by atoms with Gasteiger partial charge in [-0.05, 0) is 81.0 Å². The van der Waals surface area contributed by atoms with Crippen LogP contribution in [0.2, 0.25) is 0 Å². The monoisotopic (exact) mass is 301 g/mol. The number of fused-ring (bicyclic) bond motifs is 10. The molecule has 2 N–H and O–H groups in total. The van der Waals surface area contributed by atoms with E-state index >= 15 is 0 Å². The average molecular weight is 301 g/mol. The average Bonchev–Trinajstić information content (AvgIpc) is 3.19. The molecule has 114 valence electrons. The number of hydrogen-bond donors (Lipinski definition) is 1. The van der Waals surface area contributed by atoms with Crippen molar-refractivity contribution in [2.45, 2.75) is 57.0 Å². The second kappa shape index (κ2) is 4.93. The third-order valence-electron chi connectivity index (χ3n) is 7.46. The van der Waals surface area contributed by atoms with Crippen molar-refractivity contribution in [2.75, 3.05) is 0 Å². The first-order valence-electron chi connectivity index (χ1n) is 9.27. The van der Waals surface area contributed by atoms with E-state index < -0.39 is 0 Å². The van der Waals surface area contributed by atoms with Crippen LogP contribution in [0.5, 0.6) is 0 Å². The van der Waals surface area contributed by atoms with Crippen molar-refractivity contribution in [3.05, 3.63) is 23.5 Å². The summed E-state index contributed by atoms with van der Waals surface area (Å²) >= 11 is 0. The van der Waals surface area contributed by atoms with Crippen LogP contribution in [0.15, 0.2) is 23.5 Å². The van der Waals surface area contributed by atoms with Crippen LogP contribution in [0.3, 0.4) is 0 Å². The standard InChI is InChI=1S/C19H28NP/c20-21-17-10-5-3-1-2-4-7-14(17)18-15-11-16(19(18)21)13-9-6-8-12(13)15/h6,8,10,12-16,18-19H,1-5,7,9,11,20H2/b17-10+. The molecule has 0 radical (unpaired) electrons. The van der Waals surface area contributed by atoms with E-state index in [0.29, 0.717) is 0 Å². The normalized spacial score (nSPS) is 56.9. The molecule has 2 bridgehead atoms. The maximum atomic E-state index is 6.89. The van der Waals surface area contributed by atoms with Gasteiger partial charge in [0.15, 0.2) is 0 Å². The van der Waals surface area contributed by atoms with Gasteiger partial charge in [0.05, 0.1) is 0 Å². The third kappa shape index (κ3) is 1.77. The molecule has 0 spiro atoms. The Kier molecular flexibility index (Phi) is 3.13. The van der Waals surface area contributed by atoms with Gasteiger partial charge in [-0.15, -0.1) is 0 Å². The van der Waals surface area contributed by atoms with Crippen molar-refractivity contribution >= 4 is 8.07 Å². The van der Waals surface area contributed by atoms with E-state index in [4.69, 9.17) is 5.50 Å². The summed E-state index contributed by atoms with van der Waals surface area (Å²) in [6, 6.07) is 0. The molecule has 1 saturated heterocycles. The molecule has 8 atom stereocenters. The summed E-state index contributed by atoms with van der Waals surface area (Å²) in [7, 11) is -0.309. The van der Waals surface area contributed by atoms with E-state index in [9.17, 15) is 0 Å². The van der Waals surface area contributed by atoms with Crippen LogP contribution in [0.1, 0.15) is 51.4 Å². The van der Waals surface area contributed by atoms with Gasteiger partial charge in [-0.3, -0.25) is 0 Å². The molecule has 1 heterocycles. The van der Waals surface area contributed by atoms with Crippen LogP contribution in [-0.4, -0.2) is 5.66 Å². The van der Waals surface area contributed by atoms with E-state index in [-0.39, 0.29) is 8.07 Å². The molecule has 0 aromatic carbocycles. The highest BCUT2D eigenvalue weighted by Gasteiger charge is 2.64. The number of hydrogen-bond acceptors (Lipinski definition) is 1. The molecule has 21 heavy (non-hydrogen) atoms. The molecule has 4 aliphatic carbocycles. The third-order valence-corrected chi connectivity index (χ3v) is 9.94. The minimum absolute atomic E-state index is 0.309. The highest BCUT2D eigenvalue weighted by molar-refractivity contribution is 7.60. The predicted molar refractivity (Wildman–Crippen MR) is 90.0 cm³/mol. The quantitative estimate of drug-likeness (QED) is 0.492. The van der Waals surface area contributed by atoms with Gasteiger partial charge < -0.3 is 5.50 Å². The van der Waals surface area contributed by atoms with Crippen molar-refractivity contribution in [1.82, 2.24) is 0 Å². The van der Waals surface area contributed by atoms with Crippen LogP contribution in [0.4, 0.5) is 0 Å². The van der Waals surface area contributed by atoms with Gasteiger partial charge in [-0.1, -0.05) is 37.5 Å². The maximum Gasteiger partial charge on any atom is 0.00264 e. The fourth-order valence-electron chi connectivity index (χ4n) is 6.80. The van der Waals surface area contributed by atoms with Gasteiger partial charge in [-0.2, -0.15) is 0 Å². The lowest BCUT2D eigenvalue weighted by Gasteiger charge is -2.37. The Labute approximate surface area is 130 Å². The Morgan fingerprint density at radius 1 is 1.05 bits per heavy atom. The maximum absolute atomic E-state index is 6.89. The predicted octanol–water partition coefficient (Wildman–Crippen LogP) is 5.04. The summed E-state index contributed by atoms with van der Waals surface area (Å²) in [5.41, 5.74) is 7.80. The highest BCUT2D eigenvalue weighted by Crippen LogP contribution is 2.75. The minimum atomic E-state index is -0.309. The van der Waals surface area contributed by atoms with Crippen LogP contribution in [-0.2, 0) is 0 Å². The molecule has 3 fully saturated rings. The van der Waals surface area contributed by atoms with E-state index in [1.807, 2.05) is 0 Å². The smallest absolute Gasteiger partial charge is 0.00264 e. The molecule has 2 heteroatoms. The van der Waals surface area contributed by atoms with Gasteiger partial charge in [0, 0.05) is 5.66 Å². The SMILES string of the molecule is NP1/C2=C/CCCCCCC2C2C3CC(C4CC=CC43)C21. The molecule has 8 unspecified atom stereocenters. The molecule has 1 aliphatic heterocycles. The van der Waals surface area contributed by atoms with Crippen LogP contribution in [0, 0.1) is 35.5 Å². The van der Waals surface area contributed by atoms with E-state index in [1.165, 1.54) is 51.4 Å². The Balaban J connectivity index is 1.52. The molecular weight excluding hydrogens is 273 g/mol. The summed E-state index contributed by atoms with van der Waals surface area (Å²) in [4.78, 5) is 0. The fraction of sp³-hybridized carbons (Fsp3) is 0.789. The highest BCUT2D eigenvalue weighted by atomic mass is 31.1. The molecule has 2 saturated carbocycles. The zero-order valence-electron chi connectivity index (χ0n) is 13.0. The molecule has 0 aromatic heterocycles. The molecule has 1 nitrogen and oxygen atoms in total. The summed E-state index contributed by atoms with van der Waals surface area (Å²) < 4.78 is 0. The Bertz CT molecular complexity index is 496.